The minimum atomic E-state index is -0.378. The fourth-order valence-electron chi connectivity index (χ4n) is 1.81. The van der Waals surface area contributed by atoms with Crippen molar-refractivity contribution in [2.75, 3.05) is 13.7 Å². The molecule has 116 valence electrons. The average Bonchev–Trinajstić information content (AvgIpc) is 3.06. The highest BCUT2D eigenvalue weighted by Gasteiger charge is 2.10. The molecule has 6 heteroatoms. The third-order valence-electron chi connectivity index (χ3n) is 2.88. The number of hydrogen-bond donors (Lipinski definition) is 1. The maximum absolute atomic E-state index is 11.7. The highest BCUT2D eigenvalue weighted by Crippen LogP contribution is 2.26. The largest absolute Gasteiger partial charge is 0.493 e. The molecule has 0 aliphatic rings. The predicted octanol–water partition coefficient (Wildman–Crippen LogP) is 2.40. The van der Waals surface area contributed by atoms with E-state index in [0.717, 1.165) is 0 Å². The lowest BCUT2D eigenvalue weighted by molar-refractivity contribution is -0.134. The van der Waals surface area contributed by atoms with Gasteiger partial charge in [-0.15, -0.1) is 0 Å². The molecule has 1 aromatic heterocycles. The smallest absolute Gasteiger partial charge is 0.311 e. The molecule has 0 aliphatic carbocycles. The molecule has 0 atom stereocenters. The number of hydrogen-bond acceptors (Lipinski definition) is 5. The van der Waals surface area contributed by atoms with Crippen LogP contribution in [0, 0.1) is 0 Å². The van der Waals surface area contributed by atoms with Gasteiger partial charge in [0.15, 0.2) is 17.3 Å². The van der Waals surface area contributed by atoms with Gasteiger partial charge >= 0.3 is 5.97 Å². The van der Waals surface area contributed by atoms with E-state index in [2.05, 4.69) is 5.32 Å². The monoisotopic (exact) mass is 303 g/mol. The Kier molecular flexibility index (Phi) is 5.59. The van der Waals surface area contributed by atoms with E-state index in [0.29, 0.717) is 24.5 Å². The molecule has 0 fully saturated rings. The summed E-state index contributed by atoms with van der Waals surface area (Å²) in [6.45, 7) is 0.362. The number of carbonyl (C=O) groups excluding carboxylic acids is 2. The van der Waals surface area contributed by atoms with Gasteiger partial charge in [0.2, 0.25) is 0 Å². The van der Waals surface area contributed by atoms with E-state index in [9.17, 15) is 9.59 Å². The first-order valence-electron chi connectivity index (χ1n) is 6.86. The van der Waals surface area contributed by atoms with Crippen molar-refractivity contribution in [1.82, 2.24) is 5.32 Å². The fraction of sp³-hybridized carbons (Fsp3) is 0.250. The molecule has 1 N–H and O–H groups in total. The Labute approximate surface area is 128 Å². The SMILES string of the molecule is COc1ccccc1OC(=O)CCCNC(=O)c1ccco1. The first-order valence-corrected chi connectivity index (χ1v) is 6.86. The molecule has 22 heavy (non-hydrogen) atoms. The van der Waals surface area contributed by atoms with Crippen molar-refractivity contribution in [3.8, 4) is 11.5 Å². The van der Waals surface area contributed by atoms with Gasteiger partial charge < -0.3 is 19.2 Å². The lowest BCUT2D eigenvalue weighted by Crippen LogP contribution is -2.24. The van der Waals surface area contributed by atoms with Crippen LogP contribution in [0.1, 0.15) is 23.4 Å². The van der Waals surface area contributed by atoms with Crippen LogP contribution in [0.2, 0.25) is 0 Å². The molecule has 0 bridgehead atoms. The fourth-order valence-corrected chi connectivity index (χ4v) is 1.81. The third kappa shape index (κ3) is 4.37. The van der Waals surface area contributed by atoms with Crippen molar-refractivity contribution >= 4 is 11.9 Å². The molecule has 0 aliphatic heterocycles. The molecular weight excluding hydrogens is 286 g/mol. The molecule has 0 spiro atoms. The van der Waals surface area contributed by atoms with Crippen LogP contribution in [0.3, 0.4) is 0 Å². The molecule has 0 unspecified atom stereocenters. The summed E-state index contributed by atoms with van der Waals surface area (Å²) in [5.74, 6) is 0.452. The summed E-state index contributed by atoms with van der Waals surface area (Å²) in [7, 11) is 1.51. The van der Waals surface area contributed by atoms with Gasteiger partial charge in [0.1, 0.15) is 0 Å². The number of methoxy groups -OCH3 is 1. The van der Waals surface area contributed by atoms with Crippen LogP contribution in [-0.4, -0.2) is 25.5 Å². The predicted molar refractivity (Wildman–Crippen MR) is 78.9 cm³/mol. The van der Waals surface area contributed by atoms with E-state index in [-0.39, 0.29) is 24.1 Å². The topological polar surface area (TPSA) is 77.8 Å². The quantitative estimate of drug-likeness (QED) is 0.483. The minimum Gasteiger partial charge on any atom is -0.493 e. The molecular formula is C16H17NO5. The summed E-state index contributed by atoms with van der Waals surface area (Å²) in [4.78, 5) is 23.3. The maximum Gasteiger partial charge on any atom is 0.311 e. The van der Waals surface area contributed by atoms with Gasteiger partial charge in [-0.1, -0.05) is 12.1 Å². The first-order chi connectivity index (χ1) is 10.7. The van der Waals surface area contributed by atoms with Crippen LogP contribution < -0.4 is 14.8 Å². The van der Waals surface area contributed by atoms with Crippen molar-refractivity contribution in [2.24, 2.45) is 0 Å². The zero-order valence-corrected chi connectivity index (χ0v) is 12.2. The van der Waals surface area contributed by atoms with Gasteiger partial charge in [-0.05, 0) is 30.7 Å². The zero-order valence-electron chi connectivity index (χ0n) is 12.2. The van der Waals surface area contributed by atoms with Crippen molar-refractivity contribution in [1.29, 1.82) is 0 Å². The van der Waals surface area contributed by atoms with E-state index >= 15 is 0 Å². The molecule has 6 nitrogen and oxygen atoms in total. The number of furan rings is 1. The summed E-state index contributed by atoms with van der Waals surface area (Å²) >= 11 is 0. The lowest BCUT2D eigenvalue weighted by Gasteiger charge is -2.08. The highest BCUT2D eigenvalue weighted by molar-refractivity contribution is 5.91. The van der Waals surface area contributed by atoms with E-state index in [1.54, 1.807) is 36.4 Å². The Morgan fingerprint density at radius 2 is 1.91 bits per heavy atom. The molecule has 0 radical (unpaired) electrons. The molecule has 1 aromatic carbocycles. The van der Waals surface area contributed by atoms with Crippen LogP contribution >= 0.6 is 0 Å². The first kappa shape index (κ1) is 15.6. The average molecular weight is 303 g/mol. The zero-order chi connectivity index (χ0) is 15.8. The van der Waals surface area contributed by atoms with E-state index in [4.69, 9.17) is 13.9 Å². The number of rotatable bonds is 7. The number of ether oxygens (including phenoxy) is 2. The molecule has 1 heterocycles. The Morgan fingerprint density at radius 3 is 2.59 bits per heavy atom. The Balaban J connectivity index is 1.71. The second kappa shape index (κ2) is 7.87. The van der Waals surface area contributed by atoms with Gasteiger partial charge in [-0.25, -0.2) is 0 Å². The second-order valence-electron chi connectivity index (χ2n) is 4.46. The standard InChI is InChI=1S/C16H17NO5/c1-20-12-6-2-3-7-13(12)22-15(18)9-4-10-17-16(19)14-8-5-11-21-14/h2-3,5-8,11H,4,9-10H2,1H3,(H,17,19). The third-order valence-corrected chi connectivity index (χ3v) is 2.88. The number of para-hydroxylation sites is 2. The van der Waals surface area contributed by atoms with Gasteiger partial charge in [0.05, 0.1) is 13.4 Å². The summed E-state index contributed by atoms with van der Waals surface area (Å²) in [5.41, 5.74) is 0. The Morgan fingerprint density at radius 1 is 1.14 bits per heavy atom. The Hall–Kier alpha value is -2.76. The number of carbonyl (C=O) groups is 2. The van der Waals surface area contributed by atoms with Crippen LogP contribution in [0.15, 0.2) is 47.1 Å². The minimum absolute atomic E-state index is 0.191. The van der Waals surface area contributed by atoms with Crippen LogP contribution in [0.25, 0.3) is 0 Å². The van der Waals surface area contributed by atoms with Crippen molar-refractivity contribution < 1.29 is 23.5 Å². The van der Waals surface area contributed by atoms with Gasteiger partial charge in [0.25, 0.3) is 5.91 Å². The van der Waals surface area contributed by atoms with Crippen LogP contribution in [0.5, 0.6) is 11.5 Å². The highest BCUT2D eigenvalue weighted by atomic mass is 16.6. The van der Waals surface area contributed by atoms with Gasteiger partial charge in [-0.3, -0.25) is 9.59 Å². The number of nitrogens with one attached hydrogen (secondary N) is 1. The second-order valence-corrected chi connectivity index (χ2v) is 4.46. The number of esters is 1. The number of benzene rings is 1. The van der Waals surface area contributed by atoms with Crippen LogP contribution in [0.4, 0.5) is 0 Å². The molecule has 2 aromatic rings. The number of amides is 1. The van der Waals surface area contributed by atoms with Crippen molar-refractivity contribution in [3.05, 3.63) is 48.4 Å². The lowest BCUT2D eigenvalue weighted by atomic mass is 10.3. The van der Waals surface area contributed by atoms with E-state index in [1.165, 1.54) is 13.4 Å². The molecule has 0 saturated carbocycles. The molecule has 0 saturated heterocycles. The molecule has 1 amide bonds. The van der Waals surface area contributed by atoms with Crippen molar-refractivity contribution in [3.63, 3.8) is 0 Å². The summed E-state index contributed by atoms with van der Waals surface area (Å²) in [6, 6.07) is 10.1. The van der Waals surface area contributed by atoms with Gasteiger partial charge in [-0.2, -0.15) is 0 Å². The van der Waals surface area contributed by atoms with E-state index in [1.807, 2.05) is 0 Å². The normalized spacial score (nSPS) is 10.0. The van der Waals surface area contributed by atoms with Crippen molar-refractivity contribution in [2.45, 2.75) is 12.8 Å². The van der Waals surface area contributed by atoms with Crippen LogP contribution in [-0.2, 0) is 4.79 Å². The summed E-state index contributed by atoms with van der Waals surface area (Å²) < 4.78 is 15.3. The maximum atomic E-state index is 11.7. The van der Waals surface area contributed by atoms with Gasteiger partial charge in [0, 0.05) is 13.0 Å². The Bertz CT molecular complexity index is 621. The molecule has 2 rings (SSSR count). The summed E-state index contributed by atoms with van der Waals surface area (Å²) in [5, 5.41) is 2.66. The van der Waals surface area contributed by atoms with E-state index < -0.39 is 0 Å². The summed E-state index contributed by atoms with van der Waals surface area (Å²) in [6.07, 6.45) is 2.09.